The van der Waals surface area contributed by atoms with Crippen molar-refractivity contribution in [3.63, 3.8) is 0 Å². The predicted octanol–water partition coefficient (Wildman–Crippen LogP) is 3.64. The van der Waals surface area contributed by atoms with Crippen LogP contribution < -0.4 is 5.32 Å². The molecule has 1 amide bonds. The Labute approximate surface area is 134 Å². The van der Waals surface area contributed by atoms with Gasteiger partial charge < -0.3 is 10.1 Å². The van der Waals surface area contributed by atoms with E-state index in [2.05, 4.69) is 23.0 Å². The summed E-state index contributed by atoms with van der Waals surface area (Å²) in [5.41, 5.74) is 1.93. The second kappa shape index (κ2) is 6.75. The summed E-state index contributed by atoms with van der Waals surface area (Å²) in [6.07, 6.45) is 0. The molecule has 5 heteroatoms. The first kappa shape index (κ1) is 16.2. The normalized spacial score (nSPS) is 11.8. The zero-order valence-corrected chi connectivity index (χ0v) is 13.9. The van der Waals surface area contributed by atoms with E-state index in [-0.39, 0.29) is 11.9 Å². The van der Waals surface area contributed by atoms with Gasteiger partial charge in [0.2, 0.25) is 0 Å². The number of hydrogen-bond donors (Lipinski definition) is 1. The van der Waals surface area contributed by atoms with Crippen LogP contribution in [0.2, 0.25) is 0 Å². The summed E-state index contributed by atoms with van der Waals surface area (Å²) >= 11 is 1.72. The number of rotatable bonds is 4. The Morgan fingerprint density at radius 2 is 1.86 bits per heavy atom. The largest absolute Gasteiger partial charge is 0.465 e. The molecule has 0 aliphatic carbocycles. The highest BCUT2D eigenvalue weighted by Gasteiger charge is 2.16. The molecule has 2 aromatic rings. The second-order valence-corrected chi connectivity index (χ2v) is 6.60. The number of carbonyl (C=O) groups excluding carboxylic acids is 2. The molecule has 1 N–H and O–H groups in total. The predicted molar refractivity (Wildman–Crippen MR) is 87.5 cm³/mol. The molecular weight excluding hydrogens is 298 g/mol. The molecule has 0 bridgehead atoms. The number of methoxy groups -OCH3 is 1. The molecule has 0 fully saturated rings. The third-order valence-electron chi connectivity index (χ3n) is 3.44. The number of nitrogens with one attached hydrogen (secondary N) is 1. The Kier molecular flexibility index (Phi) is 4.98. The van der Waals surface area contributed by atoms with Gasteiger partial charge in [-0.1, -0.05) is 6.07 Å². The molecule has 0 aliphatic rings. The van der Waals surface area contributed by atoms with Gasteiger partial charge in [0.25, 0.3) is 5.91 Å². The van der Waals surface area contributed by atoms with Gasteiger partial charge in [0.1, 0.15) is 0 Å². The van der Waals surface area contributed by atoms with Crippen molar-refractivity contribution in [2.75, 3.05) is 7.11 Å². The molecule has 0 radical (unpaired) electrons. The number of thiophene rings is 1. The third kappa shape index (κ3) is 3.54. The highest BCUT2D eigenvalue weighted by atomic mass is 32.1. The fourth-order valence-electron chi connectivity index (χ4n) is 2.34. The molecular formula is C17H19NO3S. The van der Waals surface area contributed by atoms with E-state index in [9.17, 15) is 9.59 Å². The number of aryl methyl sites for hydroxylation is 2. The van der Waals surface area contributed by atoms with Gasteiger partial charge in [0.15, 0.2) is 0 Å². The van der Waals surface area contributed by atoms with Crippen LogP contribution in [-0.2, 0) is 4.74 Å². The molecule has 0 saturated carbocycles. The monoisotopic (exact) mass is 317 g/mol. The Morgan fingerprint density at radius 3 is 2.45 bits per heavy atom. The second-order valence-electron chi connectivity index (χ2n) is 5.14. The molecule has 0 spiro atoms. The first-order chi connectivity index (χ1) is 10.4. The average molecular weight is 317 g/mol. The molecule has 1 heterocycles. The Bertz CT molecular complexity index is 706. The van der Waals surface area contributed by atoms with Gasteiger partial charge in [-0.25, -0.2) is 4.79 Å². The van der Waals surface area contributed by atoms with Crippen LogP contribution in [0.5, 0.6) is 0 Å². The summed E-state index contributed by atoms with van der Waals surface area (Å²) in [6, 6.07) is 8.53. The van der Waals surface area contributed by atoms with E-state index in [1.165, 1.54) is 16.9 Å². The zero-order valence-electron chi connectivity index (χ0n) is 13.1. The van der Waals surface area contributed by atoms with Gasteiger partial charge in [-0.3, -0.25) is 4.79 Å². The molecule has 22 heavy (non-hydrogen) atoms. The topological polar surface area (TPSA) is 55.4 Å². The maximum Gasteiger partial charge on any atom is 0.337 e. The van der Waals surface area contributed by atoms with E-state index in [1.54, 1.807) is 35.6 Å². The van der Waals surface area contributed by atoms with Crippen LogP contribution >= 0.6 is 11.3 Å². The van der Waals surface area contributed by atoms with Crippen molar-refractivity contribution in [2.24, 2.45) is 0 Å². The Hall–Kier alpha value is -2.14. The summed E-state index contributed by atoms with van der Waals surface area (Å²) in [7, 11) is 1.32. The fourth-order valence-corrected chi connectivity index (χ4v) is 3.37. The van der Waals surface area contributed by atoms with Crippen molar-refractivity contribution in [3.05, 3.63) is 56.8 Å². The lowest BCUT2D eigenvalue weighted by Crippen LogP contribution is -2.27. The Morgan fingerprint density at radius 1 is 1.18 bits per heavy atom. The number of esters is 1. The van der Waals surface area contributed by atoms with Gasteiger partial charge in [-0.2, -0.15) is 0 Å². The van der Waals surface area contributed by atoms with Crippen molar-refractivity contribution < 1.29 is 14.3 Å². The number of benzene rings is 1. The van der Waals surface area contributed by atoms with E-state index in [0.29, 0.717) is 11.1 Å². The number of amides is 1. The molecule has 2 rings (SSSR count). The lowest BCUT2D eigenvalue weighted by Gasteiger charge is -2.14. The van der Waals surface area contributed by atoms with Crippen molar-refractivity contribution in [3.8, 4) is 0 Å². The summed E-state index contributed by atoms with van der Waals surface area (Å²) in [4.78, 5) is 26.3. The molecule has 1 aromatic heterocycles. The molecule has 1 atom stereocenters. The van der Waals surface area contributed by atoms with E-state index in [0.717, 1.165) is 5.56 Å². The third-order valence-corrected chi connectivity index (χ3v) is 4.42. The van der Waals surface area contributed by atoms with Crippen LogP contribution in [0.3, 0.4) is 0 Å². The van der Waals surface area contributed by atoms with Gasteiger partial charge in [0.05, 0.1) is 18.7 Å². The highest BCUT2D eigenvalue weighted by molar-refractivity contribution is 7.12. The lowest BCUT2D eigenvalue weighted by molar-refractivity contribution is 0.0600. The summed E-state index contributed by atoms with van der Waals surface area (Å²) in [5.74, 6) is -0.659. The first-order valence-corrected chi connectivity index (χ1v) is 7.80. The summed E-state index contributed by atoms with van der Waals surface area (Å²) in [5, 5.41) is 2.97. The van der Waals surface area contributed by atoms with E-state index in [4.69, 9.17) is 0 Å². The SMILES string of the molecule is COC(=O)c1cccc(C(=O)NC(C)c2cc(C)sc2C)c1. The van der Waals surface area contributed by atoms with Crippen LogP contribution in [0.1, 0.15) is 49.0 Å². The van der Waals surface area contributed by atoms with E-state index in [1.807, 2.05) is 13.8 Å². The van der Waals surface area contributed by atoms with Crippen molar-refractivity contribution in [1.82, 2.24) is 5.32 Å². The quantitative estimate of drug-likeness (QED) is 0.876. The first-order valence-electron chi connectivity index (χ1n) is 6.98. The van der Waals surface area contributed by atoms with Gasteiger partial charge >= 0.3 is 5.97 Å². The van der Waals surface area contributed by atoms with Crippen molar-refractivity contribution >= 4 is 23.2 Å². The number of hydrogen-bond acceptors (Lipinski definition) is 4. The van der Waals surface area contributed by atoms with Crippen LogP contribution in [0.4, 0.5) is 0 Å². The Balaban J connectivity index is 2.15. The smallest absolute Gasteiger partial charge is 0.337 e. The fraction of sp³-hybridized carbons (Fsp3) is 0.294. The van der Waals surface area contributed by atoms with Crippen LogP contribution in [0.25, 0.3) is 0 Å². The van der Waals surface area contributed by atoms with Crippen molar-refractivity contribution in [2.45, 2.75) is 26.8 Å². The summed E-state index contributed by atoms with van der Waals surface area (Å²) < 4.78 is 4.67. The average Bonchev–Trinajstić information content (AvgIpc) is 2.85. The molecule has 116 valence electrons. The lowest BCUT2D eigenvalue weighted by atomic mass is 10.1. The van der Waals surface area contributed by atoms with Gasteiger partial charge in [-0.15, -0.1) is 11.3 Å². The standard InChI is InChI=1S/C17H19NO3S/c1-10-8-15(12(3)22-10)11(2)18-16(19)13-6-5-7-14(9-13)17(20)21-4/h5-9,11H,1-4H3,(H,18,19). The van der Waals surface area contributed by atoms with Crippen molar-refractivity contribution in [1.29, 1.82) is 0 Å². The van der Waals surface area contributed by atoms with Crippen LogP contribution in [0, 0.1) is 13.8 Å². The molecule has 1 unspecified atom stereocenters. The summed E-state index contributed by atoms with van der Waals surface area (Å²) in [6.45, 7) is 6.06. The maximum atomic E-state index is 12.3. The van der Waals surface area contributed by atoms with Gasteiger partial charge in [0, 0.05) is 15.3 Å². The van der Waals surface area contributed by atoms with Crippen LogP contribution in [-0.4, -0.2) is 19.0 Å². The highest BCUT2D eigenvalue weighted by Crippen LogP contribution is 2.26. The zero-order chi connectivity index (χ0) is 16.3. The molecule has 1 aromatic carbocycles. The maximum absolute atomic E-state index is 12.3. The minimum Gasteiger partial charge on any atom is -0.465 e. The molecule has 0 saturated heterocycles. The molecule has 4 nitrogen and oxygen atoms in total. The molecule has 0 aliphatic heterocycles. The number of carbonyl (C=O) groups is 2. The van der Waals surface area contributed by atoms with E-state index < -0.39 is 5.97 Å². The van der Waals surface area contributed by atoms with E-state index >= 15 is 0 Å². The minimum atomic E-state index is -0.452. The van der Waals surface area contributed by atoms with Gasteiger partial charge in [-0.05, 0) is 50.6 Å². The number of ether oxygens (including phenoxy) is 1. The van der Waals surface area contributed by atoms with Crippen LogP contribution in [0.15, 0.2) is 30.3 Å². The minimum absolute atomic E-state index is 0.0840.